The maximum atomic E-state index is 8.24. The molecule has 3 nitrogen and oxygen atoms in total. The Morgan fingerprint density at radius 1 is 1.32 bits per heavy atom. The summed E-state index contributed by atoms with van der Waals surface area (Å²) in [6, 6.07) is 3.91. The van der Waals surface area contributed by atoms with Crippen LogP contribution in [0.5, 0.6) is 0 Å². The van der Waals surface area contributed by atoms with Gasteiger partial charge in [0.25, 0.3) is 0 Å². The lowest BCUT2D eigenvalue weighted by Crippen LogP contribution is -2.15. The Morgan fingerprint density at radius 3 is 2.79 bits per heavy atom. The van der Waals surface area contributed by atoms with Gasteiger partial charge >= 0.3 is 0 Å². The predicted octanol–water partition coefficient (Wildman–Crippen LogP) is 4.49. The SMILES string of the molecule is CCCCCCNc1ncccc1C(=N)C(C)CC. The lowest BCUT2D eigenvalue weighted by Gasteiger charge is -2.15. The van der Waals surface area contributed by atoms with Gasteiger partial charge in [-0.25, -0.2) is 4.98 Å². The van der Waals surface area contributed by atoms with Crippen molar-refractivity contribution in [1.29, 1.82) is 5.41 Å². The van der Waals surface area contributed by atoms with E-state index in [1.807, 2.05) is 12.1 Å². The lowest BCUT2D eigenvalue weighted by atomic mass is 9.96. The van der Waals surface area contributed by atoms with E-state index in [0.29, 0.717) is 5.71 Å². The molecule has 0 radical (unpaired) electrons. The van der Waals surface area contributed by atoms with Gasteiger partial charge in [-0.3, -0.25) is 0 Å². The Balaban J connectivity index is 2.60. The van der Waals surface area contributed by atoms with E-state index < -0.39 is 0 Å². The number of nitrogens with zero attached hydrogens (tertiary/aromatic N) is 1. The first-order chi connectivity index (χ1) is 9.20. The second kappa shape index (κ2) is 8.68. The summed E-state index contributed by atoms with van der Waals surface area (Å²) in [5, 5.41) is 11.6. The van der Waals surface area contributed by atoms with Gasteiger partial charge in [0.15, 0.2) is 0 Å². The summed E-state index contributed by atoms with van der Waals surface area (Å²) in [7, 11) is 0. The van der Waals surface area contributed by atoms with Crippen LogP contribution in [0.15, 0.2) is 18.3 Å². The molecule has 19 heavy (non-hydrogen) atoms. The van der Waals surface area contributed by atoms with Gasteiger partial charge in [-0.15, -0.1) is 0 Å². The molecule has 1 aromatic rings. The first-order valence-electron chi connectivity index (χ1n) is 7.48. The maximum absolute atomic E-state index is 8.24. The summed E-state index contributed by atoms with van der Waals surface area (Å²) in [5.74, 6) is 1.15. The smallest absolute Gasteiger partial charge is 0.135 e. The van der Waals surface area contributed by atoms with Crippen molar-refractivity contribution in [2.75, 3.05) is 11.9 Å². The van der Waals surface area contributed by atoms with Crippen molar-refractivity contribution in [1.82, 2.24) is 4.98 Å². The Kier molecular flexibility index (Phi) is 7.16. The highest BCUT2D eigenvalue weighted by atomic mass is 15.0. The molecule has 1 atom stereocenters. The molecule has 1 rings (SSSR count). The first kappa shape index (κ1) is 15.7. The second-order valence-electron chi connectivity index (χ2n) is 5.11. The molecular weight excluding hydrogens is 234 g/mol. The Hall–Kier alpha value is -1.38. The Bertz CT molecular complexity index is 387. The van der Waals surface area contributed by atoms with Crippen molar-refractivity contribution in [3.05, 3.63) is 23.9 Å². The fourth-order valence-corrected chi connectivity index (χ4v) is 1.99. The van der Waals surface area contributed by atoms with E-state index in [2.05, 4.69) is 31.1 Å². The van der Waals surface area contributed by atoms with Crippen LogP contribution in [-0.2, 0) is 0 Å². The Morgan fingerprint density at radius 2 is 2.11 bits per heavy atom. The van der Waals surface area contributed by atoms with Crippen LogP contribution < -0.4 is 5.32 Å². The van der Waals surface area contributed by atoms with Crippen molar-refractivity contribution in [3.63, 3.8) is 0 Å². The van der Waals surface area contributed by atoms with E-state index in [4.69, 9.17) is 5.41 Å². The molecule has 1 aromatic heterocycles. The monoisotopic (exact) mass is 261 g/mol. The molecule has 0 amide bonds. The number of hydrogen-bond donors (Lipinski definition) is 2. The average molecular weight is 261 g/mol. The molecule has 0 fully saturated rings. The van der Waals surface area contributed by atoms with E-state index in [0.717, 1.165) is 24.3 Å². The minimum absolute atomic E-state index is 0.282. The lowest BCUT2D eigenvalue weighted by molar-refractivity contribution is 0.684. The molecular formula is C16H27N3. The van der Waals surface area contributed by atoms with E-state index in [-0.39, 0.29) is 5.92 Å². The molecule has 0 aliphatic carbocycles. The van der Waals surface area contributed by atoms with Crippen LogP contribution >= 0.6 is 0 Å². The normalized spacial score (nSPS) is 12.2. The molecule has 0 spiro atoms. The molecule has 1 unspecified atom stereocenters. The fourth-order valence-electron chi connectivity index (χ4n) is 1.99. The summed E-state index contributed by atoms with van der Waals surface area (Å²) in [4.78, 5) is 4.38. The predicted molar refractivity (Wildman–Crippen MR) is 83.2 cm³/mol. The van der Waals surface area contributed by atoms with Gasteiger partial charge in [0, 0.05) is 24.0 Å². The van der Waals surface area contributed by atoms with E-state index >= 15 is 0 Å². The maximum Gasteiger partial charge on any atom is 0.135 e. The van der Waals surface area contributed by atoms with E-state index in [1.54, 1.807) is 6.20 Å². The molecule has 0 bridgehead atoms. The number of hydrogen-bond acceptors (Lipinski definition) is 3. The first-order valence-corrected chi connectivity index (χ1v) is 7.48. The van der Waals surface area contributed by atoms with Gasteiger partial charge in [0.2, 0.25) is 0 Å². The molecule has 106 valence electrons. The van der Waals surface area contributed by atoms with Gasteiger partial charge in [0.05, 0.1) is 0 Å². The molecule has 0 aliphatic heterocycles. The molecule has 1 heterocycles. The molecule has 3 heteroatoms. The van der Waals surface area contributed by atoms with Crippen LogP contribution in [0.2, 0.25) is 0 Å². The van der Waals surface area contributed by atoms with Crippen LogP contribution in [0.3, 0.4) is 0 Å². The third kappa shape index (κ3) is 5.01. The summed E-state index contributed by atoms with van der Waals surface area (Å²) < 4.78 is 0. The summed E-state index contributed by atoms with van der Waals surface area (Å²) in [5.41, 5.74) is 1.64. The van der Waals surface area contributed by atoms with Crippen LogP contribution in [0, 0.1) is 11.3 Å². The number of rotatable bonds is 9. The molecule has 0 aliphatic rings. The van der Waals surface area contributed by atoms with Crippen molar-refractivity contribution in [3.8, 4) is 0 Å². The zero-order valence-electron chi connectivity index (χ0n) is 12.5. The van der Waals surface area contributed by atoms with Crippen molar-refractivity contribution >= 4 is 11.5 Å². The summed E-state index contributed by atoms with van der Waals surface area (Å²) in [6.07, 6.45) is 7.76. The van der Waals surface area contributed by atoms with E-state index in [9.17, 15) is 0 Å². The minimum Gasteiger partial charge on any atom is -0.370 e. The highest BCUT2D eigenvalue weighted by Crippen LogP contribution is 2.18. The topological polar surface area (TPSA) is 48.8 Å². The standard InChI is InChI=1S/C16H27N3/c1-4-6-7-8-11-18-16-14(10-9-12-19-16)15(17)13(3)5-2/h9-10,12-13,17H,4-8,11H2,1-3H3,(H,18,19). The van der Waals surface area contributed by atoms with Gasteiger partial charge in [-0.1, -0.05) is 40.0 Å². The van der Waals surface area contributed by atoms with Gasteiger partial charge in [-0.05, 0) is 30.9 Å². The van der Waals surface area contributed by atoms with Gasteiger partial charge in [-0.2, -0.15) is 0 Å². The highest BCUT2D eigenvalue weighted by Gasteiger charge is 2.13. The molecule has 0 aromatic carbocycles. The van der Waals surface area contributed by atoms with Gasteiger partial charge in [0.1, 0.15) is 5.82 Å². The van der Waals surface area contributed by atoms with Crippen molar-refractivity contribution in [2.45, 2.75) is 52.9 Å². The van der Waals surface area contributed by atoms with Crippen LogP contribution in [0.25, 0.3) is 0 Å². The fraction of sp³-hybridized carbons (Fsp3) is 0.625. The van der Waals surface area contributed by atoms with Crippen molar-refractivity contribution in [2.24, 2.45) is 5.92 Å². The number of nitrogens with one attached hydrogen (secondary N) is 2. The van der Waals surface area contributed by atoms with Gasteiger partial charge < -0.3 is 10.7 Å². The number of unbranched alkanes of at least 4 members (excludes halogenated alkanes) is 3. The van der Waals surface area contributed by atoms with E-state index in [1.165, 1.54) is 25.7 Å². The summed E-state index contributed by atoms with van der Waals surface area (Å²) >= 11 is 0. The number of pyridine rings is 1. The van der Waals surface area contributed by atoms with Crippen LogP contribution in [0.4, 0.5) is 5.82 Å². The third-order valence-corrected chi connectivity index (χ3v) is 3.53. The summed E-state index contributed by atoms with van der Waals surface area (Å²) in [6.45, 7) is 7.38. The third-order valence-electron chi connectivity index (χ3n) is 3.53. The number of anilines is 1. The largest absolute Gasteiger partial charge is 0.370 e. The highest BCUT2D eigenvalue weighted by molar-refractivity contribution is 6.03. The Labute approximate surface area is 117 Å². The van der Waals surface area contributed by atoms with Crippen molar-refractivity contribution < 1.29 is 0 Å². The zero-order valence-corrected chi connectivity index (χ0v) is 12.5. The minimum atomic E-state index is 0.282. The quantitative estimate of drug-likeness (QED) is 0.508. The molecule has 0 saturated carbocycles. The average Bonchev–Trinajstić information content (AvgIpc) is 2.46. The number of aromatic nitrogens is 1. The molecule has 0 saturated heterocycles. The second-order valence-corrected chi connectivity index (χ2v) is 5.11. The van der Waals surface area contributed by atoms with Crippen LogP contribution in [-0.4, -0.2) is 17.2 Å². The zero-order chi connectivity index (χ0) is 14.1. The van der Waals surface area contributed by atoms with Crippen LogP contribution in [0.1, 0.15) is 58.4 Å². The molecule has 2 N–H and O–H groups in total.